The first-order valence-electron chi connectivity index (χ1n) is 5.76. The van der Waals surface area contributed by atoms with E-state index in [4.69, 9.17) is 4.74 Å². The molecule has 1 aliphatic heterocycles. The second-order valence-corrected chi connectivity index (χ2v) is 4.33. The standard InChI is InChI=1S/C12H17N3O2/c1-9-7-15(8-10(2)17-9)12(16)14-11-3-5-13-6-4-11/h3-6,9-10H,7-8H2,1-2H3,(H,13,14,16). The number of aromatic nitrogens is 1. The molecule has 2 atom stereocenters. The zero-order valence-corrected chi connectivity index (χ0v) is 10.1. The molecule has 1 N–H and O–H groups in total. The van der Waals surface area contributed by atoms with E-state index in [2.05, 4.69) is 10.3 Å². The second-order valence-electron chi connectivity index (χ2n) is 4.33. The second kappa shape index (κ2) is 5.14. The van der Waals surface area contributed by atoms with Crippen LogP contribution in [0.5, 0.6) is 0 Å². The highest BCUT2D eigenvalue weighted by Crippen LogP contribution is 2.12. The fraction of sp³-hybridized carbons (Fsp3) is 0.500. The summed E-state index contributed by atoms with van der Waals surface area (Å²) < 4.78 is 5.59. The number of rotatable bonds is 1. The Morgan fingerprint density at radius 2 is 1.94 bits per heavy atom. The fourth-order valence-corrected chi connectivity index (χ4v) is 1.98. The first kappa shape index (κ1) is 11.9. The summed E-state index contributed by atoms with van der Waals surface area (Å²) in [4.78, 5) is 17.7. The van der Waals surface area contributed by atoms with Crippen molar-refractivity contribution in [3.63, 3.8) is 0 Å². The van der Waals surface area contributed by atoms with E-state index in [1.165, 1.54) is 0 Å². The molecule has 5 heteroatoms. The van der Waals surface area contributed by atoms with Crippen LogP contribution in [0.3, 0.4) is 0 Å². The molecule has 0 saturated carbocycles. The van der Waals surface area contributed by atoms with E-state index in [0.29, 0.717) is 13.1 Å². The monoisotopic (exact) mass is 235 g/mol. The third-order valence-electron chi connectivity index (χ3n) is 2.64. The quantitative estimate of drug-likeness (QED) is 0.806. The van der Waals surface area contributed by atoms with Gasteiger partial charge in [-0.2, -0.15) is 0 Å². The molecule has 2 rings (SSSR count). The zero-order chi connectivity index (χ0) is 12.3. The van der Waals surface area contributed by atoms with Gasteiger partial charge in [0.15, 0.2) is 0 Å². The fourth-order valence-electron chi connectivity index (χ4n) is 1.98. The molecule has 92 valence electrons. The smallest absolute Gasteiger partial charge is 0.322 e. The number of anilines is 1. The molecule has 0 spiro atoms. The minimum Gasteiger partial charge on any atom is -0.372 e. The Kier molecular flexibility index (Phi) is 3.58. The van der Waals surface area contributed by atoms with E-state index >= 15 is 0 Å². The van der Waals surface area contributed by atoms with E-state index in [1.54, 1.807) is 29.4 Å². The average molecular weight is 235 g/mol. The predicted octanol–water partition coefficient (Wildman–Crippen LogP) is 1.72. The maximum Gasteiger partial charge on any atom is 0.322 e. The van der Waals surface area contributed by atoms with Crippen molar-refractivity contribution in [2.75, 3.05) is 18.4 Å². The van der Waals surface area contributed by atoms with Gasteiger partial charge in [0.25, 0.3) is 0 Å². The van der Waals surface area contributed by atoms with Crippen LogP contribution in [0.1, 0.15) is 13.8 Å². The van der Waals surface area contributed by atoms with Gasteiger partial charge in [0.2, 0.25) is 0 Å². The number of nitrogens with zero attached hydrogens (tertiary/aromatic N) is 2. The van der Waals surface area contributed by atoms with E-state index in [9.17, 15) is 4.79 Å². The first-order valence-corrected chi connectivity index (χ1v) is 5.76. The van der Waals surface area contributed by atoms with Gasteiger partial charge in [-0.25, -0.2) is 4.79 Å². The molecule has 2 heterocycles. The van der Waals surface area contributed by atoms with Crippen LogP contribution >= 0.6 is 0 Å². The molecule has 1 aromatic heterocycles. The van der Waals surface area contributed by atoms with Crippen LogP contribution in [0.25, 0.3) is 0 Å². The number of carbonyl (C=O) groups is 1. The molecule has 0 aliphatic carbocycles. The van der Waals surface area contributed by atoms with Gasteiger partial charge in [0, 0.05) is 31.2 Å². The molecule has 1 saturated heterocycles. The van der Waals surface area contributed by atoms with E-state index < -0.39 is 0 Å². The first-order chi connectivity index (χ1) is 8.15. The Labute approximate surface area is 101 Å². The zero-order valence-electron chi connectivity index (χ0n) is 10.1. The van der Waals surface area contributed by atoms with Crippen LogP contribution in [0.15, 0.2) is 24.5 Å². The molecule has 17 heavy (non-hydrogen) atoms. The number of carbonyl (C=O) groups excluding carboxylic acids is 1. The third-order valence-corrected chi connectivity index (χ3v) is 2.64. The lowest BCUT2D eigenvalue weighted by atomic mass is 10.2. The summed E-state index contributed by atoms with van der Waals surface area (Å²) in [5, 5.41) is 2.84. The van der Waals surface area contributed by atoms with Crippen molar-refractivity contribution < 1.29 is 9.53 Å². The Morgan fingerprint density at radius 3 is 2.53 bits per heavy atom. The average Bonchev–Trinajstić information content (AvgIpc) is 2.29. The van der Waals surface area contributed by atoms with Crippen LogP contribution in [0, 0.1) is 0 Å². The van der Waals surface area contributed by atoms with Crippen molar-refractivity contribution in [3.05, 3.63) is 24.5 Å². The van der Waals surface area contributed by atoms with Gasteiger partial charge >= 0.3 is 6.03 Å². The van der Waals surface area contributed by atoms with Crippen molar-refractivity contribution in [1.82, 2.24) is 9.88 Å². The highest BCUT2D eigenvalue weighted by Gasteiger charge is 2.25. The Morgan fingerprint density at radius 1 is 1.35 bits per heavy atom. The molecule has 1 fully saturated rings. The molecule has 1 aliphatic rings. The molecule has 2 amide bonds. The normalized spacial score (nSPS) is 24.5. The van der Waals surface area contributed by atoms with E-state index in [-0.39, 0.29) is 18.2 Å². The maximum atomic E-state index is 12.0. The molecular weight excluding hydrogens is 218 g/mol. The highest BCUT2D eigenvalue weighted by molar-refractivity contribution is 5.89. The number of pyridine rings is 1. The lowest BCUT2D eigenvalue weighted by Crippen LogP contribution is -2.49. The minimum absolute atomic E-state index is 0.0850. The van der Waals surface area contributed by atoms with Gasteiger partial charge in [0.1, 0.15) is 0 Å². The molecule has 0 bridgehead atoms. The van der Waals surface area contributed by atoms with E-state index in [1.807, 2.05) is 13.8 Å². The molecular formula is C12H17N3O2. The summed E-state index contributed by atoms with van der Waals surface area (Å²) in [6.07, 6.45) is 3.48. The lowest BCUT2D eigenvalue weighted by Gasteiger charge is -2.35. The summed E-state index contributed by atoms with van der Waals surface area (Å²) in [5.74, 6) is 0. The van der Waals surface area contributed by atoms with Crippen molar-refractivity contribution in [2.45, 2.75) is 26.1 Å². The van der Waals surface area contributed by atoms with Gasteiger partial charge in [-0.15, -0.1) is 0 Å². The largest absolute Gasteiger partial charge is 0.372 e. The molecule has 0 aromatic carbocycles. The molecule has 5 nitrogen and oxygen atoms in total. The topological polar surface area (TPSA) is 54.5 Å². The minimum atomic E-state index is -0.0850. The summed E-state index contributed by atoms with van der Waals surface area (Å²) >= 11 is 0. The van der Waals surface area contributed by atoms with Gasteiger partial charge < -0.3 is 15.0 Å². The van der Waals surface area contributed by atoms with Crippen molar-refractivity contribution in [3.8, 4) is 0 Å². The summed E-state index contributed by atoms with van der Waals surface area (Å²) in [6.45, 7) is 5.20. The van der Waals surface area contributed by atoms with Crippen molar-refractivity contribution in [1.29, 1.82) is 0 Å². The van der Waals surface area contributed by atoms with Crippen LogP contribution in [-0.2, 0) is 4.74 Å². The number of urea groups is 1. The summed E-state index contributed by atoms with van der Waals surface area (Å²) in [5.41, 5.74) is 0.761. The van der Waals surface area contributed by atoms with Crippen LogP contribution in [0.2, 0.25) is 0 Å². The lowest BCUT2D eigenvalue weighted by molar-refractivity contribution is -0.0530. The number of amides is 2. The number of morpholine rings is 1. The number of hydrogen-bond donors (Lipinski definition) is 1. The number of hydrogen-bond acceptors (Lipinski definition) is 3. The highest BCUT2D eigenvalue weighted by atomic mass is 16.5. The Hall–Kier alpha value is -1.62. The Bertz CT molecular complexity index is 373. The van der Waals surface area contributed by atoms with Crippen LogP contribution in [0.4, 0.5) is 10.5 Å². The summed E-state index contributed by atoms with van der Waals surface area (Å²) in [7, 11) is 0. The van der Waals surface area contributed by atoms with Crippen molar-refractivity contribution in [2.24, 2.45) is 0 Å². The number of nitrogens with one attached hydrogen (secondary N) is 1. The van der Waals surface area contributed by atoms with Gasteiger partial charge in [-0.05, 0) is 26.0 Å². The van der Waals surface area contributed by atoms with Crippen LogP contribution < -0.4 is 5.32 Å². The molecule has 2 unspecified atom stereocenters. The predicted molar refractivity (Wildman–Crippen MR) is 64.8 cm³/mol. The van der Waals surface area contributed by atoms with Gasteiger partial charge in [-0.1, -0.05) is 0 Å². The van der Waals surface area contributed by atoms with E-state index in [0.717, 1.165) is 5.69 Å². The van der Waals surface area contributed by atoms with Gasteiger partial charge in [0.05, 0.1) is 12.2 Å². The third kappa shape index (κ3) is 3.17. The van der Waals surface area contributed by atoms with Crippen LogP contribution in [-0.4, -0.2) is 41.2 Å². The SMILES string of the molecule is CC1CN(C(=O)Nc2ccncc2)CC(C)O1. The maximum absolute atomic E-state index is 12.0. The summed E-state index contributed by atoms with van der Waals surface area (Å²) in [6, 6.07) is 3.45. The van der Waals surface area contributed by atoms with Gasteiger partial charge in [-0.3, -0.25) is 4.98 Å². The number of ether oxygens (including phenoxy) is 1. The molecule has 0 radical (unpaired) electrons. The molecule has 1 aromatic rings. The van der Waals surface area contributed by atoms with Crippen molar-refractivity contribution >= 4 is 11.7 Å². The Balaban J connectivity index is 1.96.